The van der Waals surface area contributed by atoms with E-state index in [2.05, 4.69) is 20.8 Å². The van der Waals surface area contributed by atoms with Crippen molar-refractivity contribution in [3.8, 4) is 0 Å². The van der Waals surface area contributed by atoms with Gasteiger partial charge in [-0.2, -0.15) is 0 Å². The maximum Gasteiger partial charge on any atom is 0.224 e. The van der Waals surface area contributed by atoms with Crippen LogP contribution in [0.3, 0.4) is 0 Å². The molecule has 6 nitrogen and oxygen atoms in total. The Morgan fingerprint density at radius 3 is 1.60 bits per heavy atom. The fraction of sp³-hybridized carbons (Fsp3) is 0.947. The Kier molecular flexibility index (Phi) is 14.1. The van der Waals surface area contributed by atoms with Gasteiger partial charge in [0.05, 0.1) is 46.2 Å². The summed E-state index contributed by atoms with van der Waals surface area (Å²) in [5.41, 5.74) is 0.316. The lowest BCUT2D eigenvalue weighted by Crippen LogP contribution is -2.33. The van der Waals surface area contributed by atoms with E-state index in [9.17, 15) is 4.79 Å². The Morgan fingerprint density at radius 2 is 1.20 bits per heavy atom. The molecule has 0 rings (SSSR count). The quantitative estimate of drug-likeness (QED) is 0.420. The maximum absolute atomic E-state index is 11.7. The van der Waals surface area contributed by atoms with Crippen LogP contribution in [0.15, 0.2) is 0 Å². The minimum absolute atomic E-state index is 0.0252. The van der Waals surface area contributed by atoms with Gasteiger partial charge in [-0.05, 0) is 11.8 Å². The fourth-order valence-electron chi connectivity index (χ4n) is 1.89. The highest BCUT2D eigenvalue weighted by atomic mass is 16.6. The molecular formula is C19H39NO5. The zero-order valence-corrected chi connectivity index (χ0v) is 17.1. The molecule has 0 atom stereocenters. The lowest BCUT2D eigenvalue weighted by Gasteiger charge is -2.19. The summed E-state index contributed by atoms with van der Waals surface area (Å²) in [6.07, 6.45) is 1.05. The lowest BCUT2D eigenvalue weighted by atomic mass is 9.93. The van der Waals surface area contributed by atoms with Gasteiger partial charge in [-0.25, -0.2) is 0 Å². The number of likely N-dealkylation sites (N-methyl/N-ethyl adjacent to an activating group) is 1. The molecule has 0 aromatic rings. The number of hydrogen-bond donors (Lipinski definition) is 0. The molecular weight excluding hydrogens is 322 g/mol. The molecule has 0 saturated carbocycles. The molecule has 0 aromatic heterocycles. The van der Waals surface area contributed by atoms with Crippen molar-refractivity contribution in [3.63, 3.8) is 0 Å². The predicted molar refractivity (Wildman–Crippen MR) is 99.8 cm³/mol. The van der Waals surface area contributed by atoms with Crippen molar-refractivity contribution in [2.75, 3.05) is 66.4 Å². The van der Waals surface area contributed by atoms with E-state index in [1.807, 2.05) is 13.8 Å². The largest absolute Gasteiger partial charge is 0.379 e. The van der Waals surface area contributed by atoms with Crippen molar-refractivity contribution in [1.82, 2.24) is 4.90 Å². The topological polar surface area (TPSA) is 57.2 Å². The van der Waals surface area contributed by atoms with Crippen LogP contribution in [0.5, 0.6) is 0 Å². The number of carbonyl (C=O) groups is 1. The standard InChI is InChI=1S/C19H39NO5/c1-17(2)18(21)20(6)8-10-23-12-14-25-16-15-24-13-11-22-9-7-19(3,4)5/h17H,7-16H2,1-6H3. The second-order valence-corrected chi connectivity index (χ2v) is 7.67. The highest BCUT2D eigenvalue weighted by Crippen LogP contribution is 2.17. The second-order valence-electron chi connectivity index (χ2n) is 7.67. The van der Waals surface area contributed by atoms with Crippen molar-refractivity contribution in [2.45, 2.75) is 41.0 Å². The zero-order chi connectivity index (χ0) is 19.1. The lowest BCUT2D eigenvalue weighted by molar-refractivity contribution is -0.133. The van der Waals surface area contributed by atoms with Crippen molar-refractivity contribution in [1.29, 1.82) is 0 Å². The fourth-order valence-corrected chi connectivity index (χ4v) is 1.89. The van der Waals surface area contributed by atoms with Crippen LogP contribution in [0.25, 0.3) is 0 Å². The van der Waals surface area contributed by atoms with E-state index in [-0.39, 0.29) is 11.8 Å². The highest BCUT2D eigenvalue weighted by Gasteiger charge is 2.12. The van der Waals surface area contributed by atoms with Gasteiger partial charge in [0.15, 0.2) is 0 Å². The van der Waals surface area contributed by atoms with Gasteiger partial charge in [0, 0.05) is 26.1 Å². The molecule has 0 spiro atoms. The van der Waals surface area contributed by atoms with E-state index in [4.69, 9.17) is 18.9 Å². The van der Waals surface area contributed by atoms with E-state index >= 15 is 0 Å². The third-order valence-electron chi connectivity index (χ3n) is 3.55. The first-order chi connectivity index (χ1) is 11.7. The molecule has 25 heavy (non-hydrogen) atoms. The summed E-state index contributed by atoms with van der Waals surface area (Å²) in [6, 6.07) is 0. The third kappa shape index (κ3) is 16.5. The molecule has 0 unspecified atom stereocenters. The normalized spacial score (nSPS) is 12.0. The molecule has 150 valence electrons. The number of amides is 1. The molecule has 0 aliphatic rings. The van der Waals surface area contributed by atoms with E-state index < -0.39 is 0 Å². The van der Waals surface area contributed by atoms with Crippen LogP contribution in [0.4, 0.5) is 0 Å². The van der Waals surface area contributed by atoms with Crippen LogP contribution in [0, 0.1) is 11.3 Å². The Labute approximate surface area is 154 Å². The number of nitrogens with zero attached hydrogens (tertiary/aromatic N) is 1. The Hall–Kier alpha value is -0.690. The van der Waals surface area contributed by atoms with Crippen molar-refractivity contribution >= 4 is 5.91 Å². The third-order valence-corrected chi connectivity index (χ3v) is 3.55. The molecule has 1 amide bonds. The summed E-state index contributed by atoms with van der Waals surface area (Å²) in [7, 11) is 1.80. The average molecular weight is 362 g/mol. The first-order valence-electron chi connectivity index (χ1n) is 9.30. The highest BCUT2D eigenvalue weighted by molar-refractivity contribution is 5.77. The number of hydrogen-bond acceptors (Lipinski definition) is 5. The van der Waals surface area contributed by atoms with Crippen LogP contribution in [0.1, 0.15) is 41.0 Å². The molecule has 0 saturated heterocycles. The molecule has 0 fully saturated rings. The Bertz CT molecular complexity index is 328. The van der Waals surface area contributed by atoms with Crippen LogP contribution in [-0.4, -0.2) is 77.3 Å². The van der Waals surface area contributed by atoms with Crippen LogP contribution in [0.2, 0.25) is 0 Å². The van der Waals surface area contributed by atoms with Gasteiger partial charge >= 0.3 is 0 Å². The van der Waals surface area contributed by atoms with Crippen LogP contribution < -0.4 is 0 Å². The molecule has 0 N–H and O–H groups in total. The summed E-state index contributed by atoms with van der Waals surface area (Å²) in [6.45, 7) is 15.7. The molecule has 0 bridgehead atoms. The first kappa shape index (κ1) is 24.3. The number of carbonyl (C=O) groups excluding carboxylic acids is 1. The molecule has 0 aliphatic heterocycles. The summed E-state index contributed by atoms with van der Waals surface area (Å²) in [5.74, 6) is 0.164. The molecule has 0 radical (unpaired) electrons. The Balaban J connectivity index is 3.23. The summed E-state index contributed by atoms with van der Waals surface area (Å²) < 4.78 is 21.8. The average Bonchev–Trinajstić information content (AvgIpc) is 2.53. The van der Waals surface area contributed by atoms with E-state index in [1.54, 1.807) is 11.9 Å². The smallest absolute Gasteiger partial charge is 0.224 e. The molecule has 0 aliphatic carbocycles. The van der Waals surface area contributed by atoms with Gasteiger partial charge in [-0.15, -0.1) is 0 Å². The first-order valence-corrected chi connectivity index (χ1v) is 9.30. The minimum Gasteiger partial charge on any atom is -0.379 e. The SMILES string of the molecule is CC(C)C(=O)N(C)CCOCCOCCOCCOCCC(C)(C)C. The van der Waals surface area contributed by atoms with Gasteiger partial charge in [-0.1, -0.05) is 34.6 Å². The summed E-state index contributed by atoms with van der Waals surface area (Å²) in [4.78, 5) is 13.4. The van der Waals surface area contributed by atoms with Gasteiger partial charge in [0.1, 0.15) is 0 Å². The zero-order valence-electron chi connectivity index (χ0n) is 17.1. The Morgan fingerprint density at radius 1 is 0.800 bits per heavy atom. The molecule has 0 aromatic carbocycles. The number of rotatable bonds is 15. The van der Waals surface area contributed by atoms with Crippen molar-refractivity contribution in [3.05, 3.63) is 0 Å². The summed E-state index contributed by atoms with van der Waals surface area (Å²) in [5, 5.41) is 0. The van der Waals surface area contributed by atoms with Crippen LogP contribution in [-0.2, 0) is 23.7 Å². The van der Waals surface area contributed by atoms with Gasteiger partial charge in [0.25, 0.3) is 0 Å². The van der Waals surface area contributed by atoms with E-state index in [0.29, 0.717) is 58.2 Å². The van der Waals surface area contributed by atoms with Crippen molar-refractivity contribution < 1.29 is 23.7 Å². The van der Waals surface area contributed by atoms with Gasteiger partial charge in [0.2, 0.25) is 5.91 Å². The molecule has 0 heterocycles. The second kappa shape index (κ2) is 14.5. The van der Waals surface area contributed by atoms with E-state index in [0.717, 1.165) is 13.0 Å². The minimum atomic E-state index is 0.0252. The maximum atomic E-state index is 11.7. The van der Waals surface area contributed by atoms with Crippen LogP contribution >= 0.6 is 0 Å². The molecule has 6 heteroatoms. The predicted octanol–water partition coefficient (Wildman–Crippen LogP) is 2.60. The monoisotopic (exact) mass is 361 g/mol. The van der Waals surface area contributed by atoms with Crippen molar-refractivity contribution in [2.24, 2.45) is 11.3 Å². The number of ether oxygens (including phenoxy) is 4. The summed E-state index contributed by atoms with van der Waals surface area (Å²) >= 11 is 0. The van der Waals surface area contributed by atoms with Gasteiger partial charge in [-0.3, -0.25) is 4.79 Å². The van der Waals surface area contributed by atoms with E-state index in [1.165, 1.54) is 0 Å². The van der Waals surface area contributed by atoms with Gasteiger partial charge < -0.3 is 23.8 Å².